The first-order valence-corrected chi connectivity index (χ1v) is 5.77. The Morgan fingerprint density at radius 1 is 1.60 bits per heavy atom. The Labute approximate surface area is 92.0 Å². The highest BCUT2D eigenvalue weighted by Crippen LogP contribution is 2.13. The van der Waals surface area contributed by atoms with E-state index in [1.807, 2.05) is 6.92 Å². The molecule has 1 atom stereocenters. The van der Waals surface area contributed by atoms with E-state index in [1.54, 1.807) is 0 Å². The van der Waals surface area contributed by atoms with Gasteiger partial charge in [0.15, 0.2) is 0 Å². The first-order valence-electron chi connectivity index (χ1n) is 5.77. The summed E-state index contributed by atoms with van der Waals surface area (Å²) in [7, 11) is 2.15. The topological polar surface area (TPSA) is 41.6 Å². The van der Waals surface area contributed by atoms with E-state index in [0.717, 1.165) is 13.1 Å². The molecule has 0 amide bonds. The highest BCUT2D eigenvalue weighted by Gasteiger charge is 2.16. The van der Waals surface area contributed by atoms with Gasteiger partial charge < -0.3 is 15.0 Å². The van der Waals surface area contributed by atoms with E-state index >= 15 is 0 Å². The molecule has 0 aromatic rings. The van der Waals surface area contributed by atoms with Crippen LogP contribution >= 0.6 is 0 Å². The normalized spacial score (nSPS) is 22.7. The lowest BCUT2D eigenvalue weighted by molar-refractivity contribution is -0.142. The van der Waals surface area contributed by atoms with Gasteiger partial charge in [-0.15, -0.1) is 0 Å². The summed E-state index contributed by atoms with van der Waals surface area (Å²) in [6.07, 6.45) is 2.53. The van der Waals surface area contributed by atoms with Crippen molar-refractivity contribution in [2.24, 2.45) is 5.92 Å². The van der Waals surface area contributed by atoms with Gasteiger partial charge in [0.25, 0.3) is 0 Å². The molecule has 0 spiro atoms. The number of piperidine rings is 1. The maximum absolute atomic E-state index is 11.1. The van der Waals surface area contributed by atoms with Crippen LogP contribution < -0.4 is 5.32 Å². The fourth-order valence-electron chi connectivity index (χ4n) is 2.03. The van der Waals surface area contributed by atoms with E-state index in [0.29, 0.717) is 19.1 Å². The molecule has 1 saturated heterocycles. The monoisotopic (exact) mass is 214 g/mol. The number of nitrogens with one attached hydrogen (secondary N) is 1. The number of likely N-dealkylation sites (tertiary alicyclic amines) is 1. The molecule has 0 aliphatic carbocycles. The predicted octanol–water partition coefficient (Wildman–Crippen LogP) is 0.481. The lowest BCUT2D eigenvalue weighted by Crippen LogP contribution is -2.38. The van der Waals surface area contributed by atoms with Gasteiger partial charge in [-0.3, -0.25) is 4.79 Å². The molecule has 4 nitrogen and oxygen atoms in total. The molecule has 15 heavy (non-hydrogen) atoms. The van der Waals surface area contributed by atoms with E-state index in [4.69, 9.17) is 4.74 Å². The summed E-state index contributed by atoms with van der Waals surface area (Å²) < 4.78 is 4.84. The van der Waals surface area contributed by atoms with Crippen molar-refractivity contribution in [2.75, 3.05) is 39.8 Å². The van der Waals surface area contributed by atoms with Crippen LogP contribution in [-0.4, -0.2) is 50.7 Å². The Hall–Kier alpha value is -0.610. The first-order chi connectivity index (χ1) is 7.22. The Kier molecular flexibility index (Phi) is 5.65. The minimum atomic E-state index is -0.151. The summed E-state index contributed by atoms with van der Waals surface area (Å²) >= 11 is 0. The molecule has 1 fully saturated rings. The molecular formula is C11H22N2O2. The lowest BCUT2D eigenvalue weighted by Gasteiger charge is -2.29. The average Bonchev–Trinajstić information content (AvgIpc) is 2.18. The summed E-state index contributed by atoms with van der Waals surface area (Å²) in [5.41, 5.74) is 0. The summed E-state index contributed by atoms with van der Waals surface area (Å²) in [5, 5.41) is 3.16. The van der Waals surface area contributed by atoms with E-state index in [9.17, 15) is 4.79 Å². The molecule has 0 aromatic carbocycles. The zero-order valence-electron chi connectivity index (χ0n) is 9.79. The molecule has 0 saturated carbocycles. The fourth-order valence-corrected chi connectivity index (χ4v) is 2.03. The Morgan fingerprint density at radius 3 is 3.07 bits per heavy atom. The van der Waals surface area contributed by atoms with Gasteiger partial charge in [0.05, 0.1) is 13.2 Å². The highest BCUT2D eigenvalue weighted by molar-refractivity contribution is 5.71. The minimum absolute atomic E-state index is 0.151. The second-order valence-corrected chi connectivity index (χ2v) is 4.21. The van der Waals surface area contributed by atoms with Crippen LogP contribution in [0.4, 0.5) is 0 Å². The molecule has 1 unspecified atom stereocenters. The molecule has 0 radical (unpaired) electrons. The van der Waals surface area contributed by atoms with Crippen molar-refractivity contribution >= 4 is 5.97 Å². The van der Waals surface area contributed by atoms with E-state index < -0.39 is 0 Å². The van der Waals surface area contributed by atoms with Crippen LogP contribution in [0, 0.1) is 5.92 Å². The second kappa shape index (κ2) is 6.80. The zero-order valence-corrected chi connectivity index (χ0v) is 9.79. The molecule has 1 N–H and O–H groups in total. The summed E-state index contributed by atoms with van der Waals surface area (Å²) in [5.74, 6) is 0.528. The number of hydrogen-bond donors (Lipinski definition) is 1. The second-order valence-electron chi connectivity index (χ2n) is 4.21. The maximum atomic E-state index is 11.1. The number of carbonyl (C=O) groups is 1. The first kappa shape index (κ1) is 12.5. The predicted molar refractivity (Wildman–Crippen MR) is 59.7 cm³/mol. The standard InChI is InChI=1S/C11H22N2O2/c1-3-15-11(14)8-12-7-10-5-4-6-13(2)9-10/h10,12H,3-9H2,1-2H3. The molecule has 4 heteroatoms. The van der Waals surface area contributed by atoms with Crippen molar-refractivity contribution in [3.05, 3.63) is 0 Å². The van der Waals surface area contributed by atoms with Crippen LogP contribution in [-0.2, 0) is 9.53 Å². The largest absolute Gasteiger partial charge is 0.465 e. The minimum Gasteiger partial charge on any atom is -0.465 e. The Morgan fingerprint density at radius 2 is 2.40 bits per heavy atom. The van der Waals surface area contributed by atoms with E-state index in [-0.39, 0.29) is 5.97 Å². The van der Waals surface area contributed by atoms with E-state index in [1.165, 1.54) is 19.4 Å². The Bertz CT molecular complexity index is 197. The molecule has 0 aromatic heterocycles. The van der Waals surface area contributed by atoms with Crippen molar-refractivity contribution in [1.82, 2.24) is 10.2 Å². The summed E-state index contributed by atoms with van der Waals surface area (Å²) in [4.78, 5) is 13.4. The van der Waals surface area contributed by atoms with Gasteiger partial charge in [-0.1, -0.05) is 0 Å². The van der Waals surface area contributed by atoms with Crippen LogP contribution in [0.5, 0.6) is 0 Å². The molecule has 1 aliphatic heterocycles. The van der Waals surface area contributed by atoms with Crippen molar-refractivity contribution in [3.8, 4) is 0 Å². The quantitative estimate of drug-likeness (QED) is 0.676. The van der Waals surface area contributed by atoms with Gasteiger partial charge in [-0.2, -0.15) is 0 Å². The van der Waals surface area contributed by atoms with E-state index in [2.05, 4.69) is 17.3 Å². The summed E-state index contributed by atoms with van der Waals surface area (Å²) in [6.45, 7) is 5.89. The molecule has 1 heterocycles. The van der Waals surface area contributed by atoms with Crippen LogP contribution in [0.3, 0.4) is 0 Å². The number of ether oxygens (including phenoxy) is 1. The molecule has 0 bridgehead atoms. The third kappa shape index (κ3) is 5.14. The lowest BCUT2D eigenvalue weighted by atomic mass is 9.98. The van der Waals surface area contributed by atoms with Crippen LogP contribution in [0.1, 0.15) is 19.8 Å². The SMILES string of the molecule is CCOC(=O)CNCC1CCCN(C)C1. The number of nitrogens with zero attached hydrogens (tertiary/aromatic N) is 1. The third-order valence-electron chi connectivity index (χ3n) is 2.73. The zero-order chi connectivity index (χ0) is 11.1. The number of hydrogen-bond acceptors (Lipinski definition) is 4. The van der Waals surface area contributed by atoms with Crippen molar-refractivity contribution in [1.29, 1.82) is 0 Å². The number of carbonyl (C=O) groups excluding carboxylic acids is 1. The van der Waals surface area contributed by atoms with Gasteiger partial charge in [0.2, 0.25) is 0 Å². The van der Waals surface area contributed by atoms with Crippen LogP contribution in [0.15, 0.2) is 0 Å². The third-order valence-corrected chi connectivity index (χ3v) is 2.73. The van der Waals surface area contributed by atoms with Crippen molar-refractivity contribution in [3.63, 3.8) is 0 Å². The van der Waals surface area contributed by atoms with Crippen molar-refractivity contribution in [2.45, 2.75) is 19.8 Å². The Balaban J connectivity index is 2.06. The summed E-state index contributed by atoms with van der Waals surface area (Å²) in [6, 6.07) is 0. The van der Waals surface area contributed by atoms with Crippen LogP contribution in [0.25, 0.3) is 0 Å². The van der Waals surface area contributed by atoms with Crippen LogP contribution in [0.2, 0.25) is 0 Å². The molecule has 88 valence electrons. The maximum Gasteiger partial charge on any atom is 0.319 e. The van der Waals surface area contributed by atoms with Crippen molar-refractivity contribution < 1.29 is 9.53 Å². The van der Waals surface area contributed by atoms with Gasteiger partial charge in [0.1, 0.15) is 0 Å². The highest BCUT2D eigenvalue weighted by atomic mass is 16.5. The molecule has 1 rings (SSSR count). The molecular weight excluding hydrogens is 192 g/mol. The fraction of sp³-hybridized carbons (Fsp3) is 0.909. The van der Waals surface area contributed by atoms with Gasteiger partial charge in [-0.05, 0) is 45.8 Å². The smallest absolute Gasteiger partial charge is 0.319 e. The van der Waals surface area contributed by atoms with Gasteiger partial charge >= 0.3 is 5.97 Å². The average molecular weight is 214 g/mol. The van der Waals surface area contributed by atoms with Gasteiger partial charge in [0, 0.05) is 6.54 Å². The number of esters is 1. The number of rotatable bonds is 5. The van der Waals surface area contributed by atoms with Gasteiger partial charge in [-0.25, -0.2) is 0 Å². The molecule has 1 aliphatic rings.